The van der Waals surface area contributed by atoms with Crippen LogP contribution in [0.3, 0.4) is 0 Å². The molecule has 0 saturated carbocycles. The first-order chi connectivity index (χ1) is 12.6. The van der Waals surface area contributed by atoms with Crippen molar-refractivity contribution in [1.82, 2.24) is 10.6 Å². The van der Waals surface area contributed by atoms with E-state index in [0.717, 1.165) is 5.56 Å². The molecular formula is C19H19ClN2O4. The summed E-state index contributed by atoms with van der Waals surface area (Å²) >= 11 is 5.83. The van der Waals surface area contributed by atoms with Crippen LogP contribution >= 0.6 is 11.6 Å². The molecule has 0 aromatic heterocycles. The number of ether oxygens (including phenoxy) is 2. The van der Waals surface area contributed by atoms with Gasteiger partial charge in [-0.25, -0.2) is 0 Å². The third-order valence-electron chi connectivity index (χ3n) is 3.92. The van der Waals surface area contributed by atoms with Gasteiger partial charge < -0.3 is 20.1 Å². The molecule has 1 heterocycles. The molecule has 6 nitrogen and oxygen atoms in total. The zero-order chi connectivity index (χ0) is 18.4. The van der Waals surface area contributed by atoms with Gasteiger partial charge in [0.1, 0.15) is 0 Å². The van der Waals surface area contributed by atoms with Crippen LogP contribution in [0.1, 0.15) is 22.3 Å². The second kappa shape index (κ2) is 8.58. The van der Waals surface area contributed by atoms with Gasteiger partial charge in [0.25, 0.3) is 5.91 Å². The Kier molecular flexibility index (Phi) is 5.96. The Bertz CT molecular complexity index is 793. The van der Waals surface area contributed by atoms with Gasteiger partial charge in [0, 0.05) is 30.1 Å². The SMILES string of the molecule is O=C(CCc1ccc(Cl)cc1)NCCNC(=O)c1ccc2c(c1)OCO2. The molecule has 1 aliphatic heterocycles. The quantitative estimate of drug-likeness (QED) is 0.730. The maximum absolute atomic E-state index is 12.1. The second-order valence-electron chi connectivity index (χ2n) is 5.80. The Morgan fingerprint density at radius 1 is 0.962 bits per heavy atom. The Hall–Kier alpha value is -2.73. The molecular weight excluding hydrogens is 356 g/mol. The second-order valence-corrected chi connectivity index (χ2v) is 6.24. The molecule has 7 heteroatoms. The molecule has 3 rings (SSSR count). The maximum Gasteiger partial charge on any atom is 0.251 e. The summed E-state index contributed by atoms with van der Waals surface area (Å²) in [5.41, 5.74) is 1.55. The van der Waals surface area contributed by atoms with Gasteiger partial charge in [0.15, 0.2) is 11.5 Å². The molecule has 0 aliphatic carbocycles. The van der Waals surface area contributed by atoms with Gasteiger partial charge in [-0.05, 0) is 42.3 Å². The number of carbonyl (C=O) groups is 2. The Balaban J connectivity index is 1.35. The molecule has 2 aromatic carbocycles. The van der Waals surface area contributed by atoms with Crippen molar-refractivity contribution in [1.29, 1.82) is 0 Å². The monoisotopic (exact) mass is 374 g/mol. The first-order valence-electron chi connectivity index (χ1n) is 8.31. The molecule has 2 N–H and O–H groups in total. The average molecular weight is 375 g/mol. The summed E-state index contributed by atoms with van der Waals surface area (Å²) in [4.78, 5) is 23.9. The summed E-state index contributed by atoms with van der Waals surface area (Å²) in [6.07, 6.45) is 1.03. The lowest BCUT2D eigenvalue weighted by molar-refractivity contribution is -0.121. The number of hydrogen-bond donors (Lipinski definition) is 2. The molecule has 0 saturated heterocycles. The highest BCUT2D eigenvalue weighted by Crippen LogP contribution is 2.32. The normalized spacial score (nSPS) is 11.9. The smallest absolute Gasteiger partial charge is 0.251 e. The molecule has 1 aliphatic rings. The van der Waals surface area contributed by atoms with Gasteiger partial charge in [-0.1, -0.05) is 23.7 Å². The van der Waals surface area contributed by atoms with Crippen LogP contribution in [0.5, 0.6) is 11.5 Å². The standard InChI is InChI=1S/C19H19ClN2O4/c20-15-5-1-13(2-6-15)3-8-18(23)21-9-10-22-19(24)14-4-7-16-17(11-14)26-12-25-16/h1-2,4-7,11H,3,8-10,12H2,(H,21,23)(H,22,24). The fourth-order valence-electron chi connectivity index (χ4n) is 2.52. The van der Waals surface area contributed by atoms with E-state index in [4.69, 9.17) is 21.1 Å². The molecule has 26 heavy (non-hydrogen) atoms. The minimum atomic E-state index is -0.223. The lowest BCUT2D eigenvalue weighted by atomic mass is 10.1. The minimum Gasteiger partial charge on any atom is -0.454 e. The summed E-state index contributed by atoms with van der Waals surface area (Å²) in [7, 11) is 0. The van der Waals surface area contributed by atoms with Gasteiger partial charge in [0.05, 0.1) is 0 Å². The van der Waals surface area contributed by atoms with Crippen molar-refractivity contribution in [2.45, 2.75) is 12.8 Å². The van der Waals surface area contributed by atoms with E-state index >= 15 is 0 Å². The van der Waals surface area contributed by atoms with Crippen molar-refractivity contribution < 1.29 is 19.1 Å². The Labute approximate surface area is 156 Å². The molecule has 0 radical (unpaired) electrons. The van der Waals surface area contributed by atoms with Crippen molar-refractivity contribution in [3.63, 3.8) is 0 Å². The highest BCUT2D eigenvalue weighted by Gasteiger charge is 2.15. The van der Waals surface area contributed by atoms with E-state index in [2.05, 4.69) is 10.6 Å². The average Bonchev–Trinajstić information content (AvgIpc) is 3.12. The first kappa shape index (κ1) is 18.1. The molecule has 136 valence electrons. The van der Waals surface area contributed by atoms with E-state index in [9.17, 15) is 9.59 Å². The van der Waals surface area contributed by atoms with Gasteiger partial charge in [-0.2, -0.15) is 0 Å². The molecule has 0 spiro atoms. The number of nitrogens with one attached hydrogen (secondary N) is 2. The molecule has 0 fully saturated rings. The number of halogens is 1. The van der Waals surface area contributed by atoms with Crippen LogP contribution in [-0.2, 0) is 11.2 Å². The van der Waals surface area contributed by atoms with Gasteiger partial charge in [-0.3, -0.25) is 9.59 Å². The highest BCUT2D eigenvalue weighted by molar-refractivity contribution is 6.30. The molecule has 2 aromatic rings. The van der Waals surface area contributed by atoms with Crippen molar-refractivity contribution in [2.75, 3.05) is 19.9 Å². The number of amides is 2. The fourth-order valence-corrected chi connectivity index (χ4v) is 2.64. The van der Waals surface area contributed by atoms with Crippen LogP contribution in [0.15, 0.2) is 42.5 Å². The number of fused-ring (bicyclic) bond motifs is 1. The van der Waals surface area contributed by atoms with Gasteiger partial charge in [0.2, 0.25) is 12.7 Å². The van der Waals surface area contributed by atoms with Crippen LogP contribution in [-0.4, -0.2) is 31.7 Å². The number of benzene rings is 2. The van der Waals surface area contributed by atoms with E-state index in [1.807, 2.05) is 12.1 Å². The number of aryl methyl sites for hydroxylation is 1. The van der Waals surface area contributed by atoms with Gasteiger partial charge >= 0.3 is 0 Å². The summed E-state index contributed by atoms with van der Waals surface area (Å²) in [6.45, 7) is 0.887. The minimum absolute atomic E-state index is 0.0581. The summed E-state index contributed by atoms with van der Waals surface area (Å²) in [6, 6.07) is 12.4. The number of carbonyl (C=O) groups excluding carboxylic acids is 2. The highest BCUT2D eigenvalue weighted by atomic mass is 35.5. The summed E-state index contributed by atoms with van der Waals surface area (Å²) in [5, 5.41) is 6.23. The van der Waals surface area contributed by atoms with Gasteiger partial charge in [-0.15, -0.1) is 0 Å². The predicted octanol–water partition coefficient (Wildman–Crippen LogP) is 2.55. The predicted molar refractivity (Wildman–Crippen MR) is 97.7 cm³/mol. The molecule has 0 atom stereocenters. The first-order valence-corrected chi connectivity index (χ1v) is 8.68. The summed E-state index contributed by atoms with van der Waals surface area (Å²) in [5.74, 6) is 0.915. The van der Waals surface area contributed by atoms with E-state index < -0.39 is 0 Å². The zero-order valence-corrected chi connectivity index (χ0v) is 14.8. The third-order valence-corrected chi connectivity index (χ3v) is 4.17. The number of rotatable bonds is 7. The van der Waals surface area contributed by atoms with E-state index in [0.29, 0.717) is 48.0 Å². The van der Waals surface area contributed by atoms with Crippen LogP contribution in [0.2, 0.25) is 5.02 Å². The molecule has 0 bridgehead atoms. The van der Waals surface area contributed by atoms with Crippen molar-refractivity contribution in [3.8, 4) is 11.5 Å². The van der Waals surface area contributed by atoms with Crippen LogP contribution in [0, 0.1) is 0 Å². The fraction of sp³-hybridized carbons (Fsp3) is 0.263. The summed E-state index contributed by atoms with van der Waals surface area (Å²) < 4.78 is 10.5. The van der Waals surface area contributed by atoms with Crippen molar-refractivity contribution >= 4 is 23.4 Å². The maximum atomic E-state index is 12.1. The van der Waals surface area contributed by atoms with Crippen LogP contribution in [0.25, 0.3) is 0 Å². The zero-order valence-electron chi connectivity index (χ0n) is 14.1. The van der Waals surface area contributed by atoms with Crippen molar-refractivity contribution in [3.05, 3.63) is 58.6 Å². The van der Waals surface area contributed by atoms with Crippen LogP contribution in [0.4, 0.5) is 0 Å². The molecule has 0 unspecified atom stereocenters. The van der Waals surface area contributed by atoms with E-state index in [1.54, 1.807) is 30.3 Å². The topological polar surface area (TPSA) is 76.7 Å². The lowest BCUT2D eigenvalue weighted by Gasteiger charge is -2.08. The van der Waals surface area contributed by atoms with Crippen LogP contribution < -0.4 is 20.1 Å². The Morgan fingerprint density at radius 3 is 2.50 bits per heavy atom. The number of hydrogen-bond acceptors (Lipinski definition) is 4. The lowest BCUT2D eigenvalue weighted by Crippen LogP contribution is -2.34. The Morgan fingerprint density at radius 2 is 1.69 bits per heavy atom. The van der Waals surface area contributed by atoms with Crippen molar-refractivity contribution in [2.24, 2.45) is 0 Å². The molecule has 2 amide bonds. The third kappa shape index (κ3) is 4.89. The van der Waals surface area contributed by atoms with E-state index in [1.165, 1.54) is 0 Å². The van der Waals surface area contributed by atoms with E-state index in [-0.39, 0.29) is 18.6 Å². The largest absolute Gasteiger partial charge is 0.454 e.